The minimum Gasteiger partial charge on any atom is -0.477 e. The third kappa shape index (κ3) is 3.69. The van der Waals surface area contributed by atoms with E-state index in [2.05, 4.69) is 25.6 Å². The zero-order chi connectivity index (χ0) is 14.8. The number of carboxylic acid groups (broad SMARTS) is 1. The van der Waals surface area contributed by atoms with Gasteiger partial charge in [0.15, 0.2) is 0 Å². The van der Waals surface area contributed by atoms with Crippen LogP contribution in [0.4, 0.5) is 0 Å². The Balaban J connectivity index is 1.98. The average molecular weight is 379 g/mol. The minimum atomic E-state index is -3.69. The molecule has 20 heavy (non-hydrogen) atoms. The molecule has 6 nitrogen and oxygen atoms in total. The number of aromatic nitrogens is 1. The van der Waals surface area contributed by atoms with Gasteiger partial charge in [-0.2, -0.15) is 0 Å². The molecule has 0 aromatic carbocycles. The van der Waals surface area contributed by atoms with Crippen molar-refractivity contribution in [2.24, 2.45) is 0 Å². The van der Waals surface area contributed by atoms with Gasteiger partial charge in [0, 0.05) is 17.6 Å². The molecule has 2 heterocycles. The van der Waals surface area contributed by atoms with Gasteiger partial charge in [-0.3, -0.25) is 0 Å². The van der Waals surface area contributed by atoms with E-state index in [9.17, 15) is 13.2 Å². The van der Waals surface area contributed by atoms with Crippen molar-refractivity contribution in [3.05, 3.63) is 38.8 Å². The second kappa shape index (κ2) is 6.08. The van der Waals surface area contributed by atoms with Crippen molar-refractivity contribution in [3.63, 3.8) is 0 Å². The first kappa shape index (κ1) is 15.2. The summed E-state index contributed by atoms with van der Waals surface area (Å²) >= 11 is 4.88. The van der Waals surface area contributed by atoms with Gasteiger partial charge in [0.25, 0.3) is 0 Å². The summed E-state index contributed by atoms with van der Waals surface area (Å²) in [6.07, 6.45) is 1.74. The fraction of sp³-hybridized carbons (Fsp3) is 0.182. The van der Waals surface area contributed by atoms with Gasteiger partial charge in [0.05, 0.1) is 3.79 Å². The van der Waals surface area contributed by atoms with Crippen molar-refractivity contribution in [1.29, 1.82) is 0 Å². The molecule has 0 aliphatic carbocycles. The summed E-state index contributed by atoms with van der Waals surface area (Å²) < 4.78 is 27.3. The summed E-state index contributed by atoms with van der Waals surface area (Å²) in [5.74, 6) is -1.20. The van der Waals surface area contributed by atoms with E-state index in [1.54, 1.807) is 11.3 Å². The van der Waals surface area contributed by atoms with Gasteiger partial charge in [0.2, 0.25) is 10.0 Å². The standard InChI is InChI=1S/C11H11BrN2O4S2/c12-10-2-1-7(19-10)3-4-14-20(17,18)8-5-9(11(15)16)13-6-8/h1-2,5-6,13-14H,3-4H2,(H,15,16). The first-order chi connectivity index (χ1) is 9.38. The molecule has 0 bridgehead atoms. The van der Waals surface area contributed by atoms with Crippen LogP contribution in [-0.2, 0) is 16.4 Å². The second-order valence-corrected chi connectivity index (χ2v) is 8.22. The highest BCUT2D eigenvalue weighted by Gasteiger charge is 2.17. The van der Waals surface area contributed by atoms with Crippen LogP contribution in [0.2, 0.25) is 0 Å². The van der Waals surface area contributed by atoms with Gasteiger partial charge in [-0.25, -0.2) is 17.9 Å². The number of H-pyrrole nitrogens is 1. The minimum absolute atomic E-state index is 0.0812. The van der Waals surface area contributed by atoms with Crippen LogP contribution in [-0.4, -0.2) is 31.0 Å². The number of rotatable bonds is 6. The first-order valence-corrected chi connectivity index (χ1v) is 8.63. The Morgan fingerprint density at radius 2 is 2.20 bits per heavy atom. The molecule has 0 atom stereocenters. The summed E-state index contributed by atoms with van der Waals surface area (Å²) in [6, 6.07) is 4.91. The molecule has 0 radical (unpaired) electrons. The Bertz CT molecular complexity index is 720. The van der Waals surface area contributed by atoms with Crippen LogP contribution in [0.25, 0.3) is 0 Å². The van der Waals surface area contributed by atoms with Gasteiger partial charge in [0.1, 0.15) is 10.6 Å². The van der Waals surface area contributed by atoms with Gasteiger partial charge in [-0.1, -0.05) is 0 Å². The molecular weight excluding hydrogens is 368 g/mol. The molecule has 2 aromatic rings. The topological polar surface area (TPSA) is 99.3 Å². The number of carbonyl (C=O) groups is 1. The molecule has 2 rings (SSSR count). The van der Waals surface area contributed by atoms with Crippen molar-refractivity contribution < 1.29 is 18.3 Å². The largest absolute Gasteiger partial charge is 0.477 e. The van der Waals surface area contributed by atoms with Crippen LogP contribution in [0.15, 0.2) is 33.1 Å². The number of nitrogens with one attached hydrogen (secondary N) is 2. The molecule has 2 aromatic heterocycles. The van der Waals surface area contributed by atoms with Gasteiger partial charge >= 0.3 is 5.97 Å². The Morgan fingerprint density at radius 1 is 1.45 bits per heavy atom. The van der Waals surface area contributed by atoms with Crippen LogP contribution in [0, 0.1) is 0 Å². The number of aromatic carboxylic acids is 1. The Labute approximate surface area is 128 Å². The summed E-state index contributed by atoms with van der Waals surface area (Å²) in [7, 11) is -3.69. The maximum Gasteiger partial charge on any atom is 0.352 e. The van der Waals surface area contributed by atoms with E-state index >= 15 is 0 Å². The van der Waals surface area contributed by atoms with Crippen LogP contribution in [0.3, 0.4) is 0 Å². The fourth-order valence-electron chi connectivity index (χ4n) is 1.53. The molecule has 0 fully saturated rings. The van der Waals surface area contributed by atoms with E-state index in [0.717, 1.165) is 20.9 Å². The highest BCUT2D eigenvalue weighted by atomic mass is 79.9. The van der Waals surface area contributed by atoms with E-state index in [-0.39, 0.29) is 17.1 Å². The molecule has 108 valence electrons. The lowest BCUT2D eigenvalue weighted by Crippen LogP contribution is -2.25. The lowest BCUT2D eigenvalue weighted by Gasteiger charge is -2.03. The Hall–Kier alpha value is -1.16. The second-order valence-electron chi connectivity index (χ2n) is 3.91. The molecule has 0 saturated heterocycles. The van der Waals surface area contributed by atoms with Crippen molar-refractivity contribution in [1.82, 2.24) is 9.71 Å². The molecule has 0 saturated carbocycles. The van der Waals surface area contributed by atoms with Crippen molar-refractivity contribution in [2.45, 2.75) is 11.3 Å². The fourth-order valence-corrected chi connectivity index (χ4v) is 4.04. The van der Waals surface area contributed by atoms with Crippen LogP contribution < -0.4 is 4.72 Å². The lowest BCUT2D eigenvalue weighted by molar-refractivity contribution is 0.0691. The van der Waals surface area contributed by atoms with Crippen LogP contribution >= 0.6 is 27.3 Å². The number of thiophene rings is 1. The third-order valence-electron chi connectivity index (χ3n) is 2.49. The number of hydrogen-bond acceptors (Lipinski definition) is 4. The molecule has 0 aliphatic heterocycles. The summed E-state index contributed by atoms with van der Waals surface area (Å²) in [5.41, 5.74) is -0.160. The summed E-state index contributed by atoms with van der Waals surface area (Å²) in [5, 5.41) is 8.74. The van der Waals surface area contributed by atoms with E-state index < -0.39 is 16.0 Å². The zero-order valence-electron chi connectivity index (χ0n) is 10.1. The smallest absolute Gasteiger partial charge is 0.352 e. The molecule has 0 spiro atoms. The van der Waals surface area contributed by atoms with E-state index in [0.29, 0.717) is 6.42 Å². The summed E-state index contributed by atoms with van der Waals surface area (Å²) in [4.78, 5) is 14.1. The molecule has 3 N–H and O–H groups in total. The van der Waals surface area contributed by atoms with E-state index in [1.165, 1.54) is 0 Å². The predicted molar refractivity (Wildman–Crippen MR) is 78.7 cm³/mol. The van der Waals surface area contributed by atoms with Crippen molar-refractivity contribution >= 4 is 43.3 Å². The quantitative estimate of drug-likeness (QED) is 0.715. The Kier molecular flexibility index (Phi) is 4.63. The van der Waals surface area contributed by atoms with Crippen LogP contribution in [0.5, 0.6) is 0 Å². The van der Waals surface area contributed by atoms with Crippen LogP contribution in [0.1, 0.15) is 15.4 Å². The normalized spacial score (nSPS) is 11.7. The number of hydrogen-bond donors (Lipinski definition) is 3. The molecule has 9 heteroatoms. The lowest BCUT2D eigenvalue weighted by atomic mass is 10.3. The third-order valence-corrected chi connectivity index (χ3v) is 5.61. The number of carboxylic acids is 1. The highest BCUT2D eigenvalue weighted by Crippen LogP contribution is 2.22. The number of halogens is 1. The monoisotopic (exact) mass is 378 g/mol. The van der Waals surface area contributed by atoms with Crippen molar-refractivity contribution in [3.8, 4) is 0 Å². The maximum absolute atomic E-state index is 11.9. The van der Waals surface area contributed by atoms with E-state index in [1.807, 2.05) is 12.1 Å². The molecular formula is C11H11BrN2O4S2. The molecule has 0 aliphatic rings. The SMILES string of the molecule is O=C(O)c1cc(S(=O)(=O)NCCc2ccc(Br)s2)c[nH]1. The number of sulfonamides is 1. The van der Waals surface area contributed by atoms with E-state index in [4.69, 9.17) is 5.11 Å². The summed E-state index contributed by atoms with van der Waals surface area (Å²) in [6.45, 7) is 0.253. The van der Waals surface area contributed by atoms with Gasteiger partial charge < -0.3 is 10.1 Å². The molecule has 0 unspecified atom stereocenters. The molecule has 0 amide bonds. The zero-order valence-corrected chi connectivity index (χ0v) is 13.3. The number of aromatic amines is 1. The average Bonchev–Trinajstić information content (AvgIpc) is 2.98. The van der Waals surface area contributed by atoms with Gasteiger partial charge in [-0.15, -0.1) is 11.3 Å². The Morgan fingerprint density at radius 3 is 2.75 bits per heavy atom. The predicted octanol–water partition coefficient (Wildman–Crippen LogP) is 2.06. The van der Waals surface area contributed by atoms with Gasteiger partial charge in [-0.05, 0) is 40.5 Å². The maximum atomic E-state index is 11.9. The van der Waals surface area contributed by atoms with Crippen molar-refractivity contribution in [2.75, 3.05) is 6.54 Å². The highest BCUT2D eigenvalue weighted by molar-refractivity contribution is 9.11. The first-order valence-electron chi connectivity index (χ1n) is 5.54.